The summed E-state index contributed by atoms with van der Waals surface area (Å²) in [6, 6.07) is 4.41. The molecule has 11 nitrogen and oxygen atoms in total. The van der Waals surface area contributed by atoms with Crippen molar-refractivity contribution in [2.24, 2.45) is 5.92 Å². The van der Waals surface area contributed by atoms with E-state index in [4.69, 9.17) is 5.21 Å². The summed E-state index contributed by atoms with van der Waals surface area (Å²) in [6.45, 7) is 3.82. The minimum atomic E-state index is -4.30. The van der Waals surface area contributed by atoms with Gasteiger partial charge in [-0.3, -0.25) is 24.4 Å². The zero-order valence-electron chi connectivity index (χ0n) is 13.9. The lowest BCUT2D eigenvalue weighted by Gasteiger charge is -2.09. The fourth-order valence-electron chi connectivity index (χ4n) is 1.56. The minimum Gasteiger partial charge on any atom is -0.348 e. The summed E-state index contributed by atoms with van der Waals surface area (Å²) < 4.78 is 25.8. The van der Waals surface area contributed by atoms with E-state index in [2.05, 4.69) is 10.6 Å². The molecule has 5 N–H and O–H groups in total. The zero-order chi connectivity index (χ0) is 19.9. The van der Waals surface area contributed by atoms with Crippen LogP contribution in [0.1, 0.15) is 13.8 Å². The molecule has 0 saturated heterocycles. The van der Waals surface area contributed by atoms with E-state index in [0.29, 0.717) is 0 Å². The quantitative estimate of drug-likeness (QED) is 0.238. The molecule has 0 atom stereocenters. The molecule has 1 aromatic carbocycles. The van der Waals surface area contributed by atoms with Crippen LogP contribution in [0.15, 0.2) is 29.2 Å². The third kappa shape index (κ3) is 6.14. The SMILES string of the molecule is CC(C)CNC(=O)C(=O)NS(=O)(=O)c1ccc(NC(=O)C(=O)NO)cc1. The summed E-state index contributed by atoms with van der Waals surface area (Å²) in [5, 5.41) is 12.7. The molecule has 0 aromatic heterocycles. The minimum absolute atomic E-state index is 0.0681. The van der Waals surface area contributed by atoms with E-state index in [1.807, 2.05) is 0 Å². The van der Waals surface area contributed by atoms with E-state index < -0.39 is 33.7 Å². The van der Waals surface area contributed by atoms with E-state index in [-0.39, 0.29) is 23.0 Å². The van der Waals surface area contributed by atoms with E-state index in [0.717, 1.165) is 29.7 Å². The second-order valence-electron chi connectivity index (χ2n) is 5.46. The molecular formula is C14H18N4O7S. The number of anilines is 1. The van der Waals surface area contributed by atoms with Crippen molar-refractivity contribution in [1.82, 2.24) is 15.5 Å². The summed E-state index contributed by atoms with van der Waals surface area (Å²) in [4.78, 5) is 44.9. The Morgan fingerprint density at radius 3 is 2.04 bits per heavy atom. The average Bonchev–Trinajstić information content (AvgIpc) is 2.58. The molecule has 142 valence electrons. The van der Waals surface area contributed by atoms with Gasteiger partial charge in [-0.1, -0.05) is 13.8 Å². The smallest absolute Gasteiger partial charge is 0.332 e. The maximum atomic E-state index is 12.1. The molecule has 0 spiro atoms. The monoisotopic (exact) mass is 386 g/mol. The van der Waals surface area contributed by atoms with Crippen LogP contribution in [-0.4, -0.2) is 43.8 Å². The van der Waals surface area contributed by atoms with Crippen LogP contribution < -0.4 is 20.8 Å². The van der Waals surface area contributed by atoms with E-state index in [9.17, 15) is 27.6 Å². The third-order valence-corrected chi connectivity index (χ3v) is 4.18. The van der Waals surface area contributed by atoms with Gasteiger partial charge < -0.3 is 10.6 Å². The summed E-state index contributed by atoms with van der Waals surface area (Å²) >= 11 is 0. The fraction of sp³-hybridized carbons (Fsp3) is 0.286. The molecule has 1 rings (SSSR count). The zero-order valence-corrected chi connectivity index (χ0v) is 14.7. The molecule has 0 radical (unpaired) electrons. The van der Waals surface area contributed by atoms with Crippen molar-refractivity contribution in [2.45, 2.75) is 18.7 Å². The van der Waals surface area contributed by atoms with Crippen molar-refractivity contribution in [2.75, 3.05) is 11.9 Å². The number of carbonyl (C=O) groups is 4. The second kappa shape index (κ2) is 8.92. The van der Waals surface area contributed by atoms with Crippen molar-refractivity contribution in [3.63, 3.8) is 0 Å². The van der Waals surface area contributed by atoms with Crippen LogP contribution in [-0.2, 0) is 29.2 Å². The van der Waals surface area contributed by atoms with Crippen LogP contribution in [0.25, 0.3) is 0 Å². The molecule has 0 saturated carbocycles. The Morgan fingerprint density at radius 2 is 1.54 bits per heavy atom. The van der Waals surface area contributed by atoms with Crippen molar-refractivity contribution in [3.8, 4) is 0 Å². The molecule has 0 aliphatic rings. The number of amides is 4. The molecule has 0 bridgehead atoms. The van der Waals surface area contributed by atoms with Crippen LogP contribution in [0.5, 0.6) is 0 Å². The van der Waals surface area contributed by atoms with Gasteiger partial charge in [0.25, 0.3) is 10.0 Å². The highest BCUT2D eigenvalue weighted by molar-refractivity contribution is 7.90. The molecule has 26 heavy (non-hydrogen) atoms. The molecule has 1 aromatic rings. The Labute approximate surface area is 149 Å². The topological polar surface area (TPSA) is 171 Å². The van der Waals surface area contributed by atoms with Crippen molar-refractivity contribution >= 4 is 39.3 Å². The van der Waals surface area contributed by atoms with Crippen LogP contribution in [0, 0.1) is 5.92 Å². The predicted molar refractivity (Wildman–Crippen MR) is 88.2 cm³/mol. The Balaban J connectivity index is 2.78. The number of carbonyl (C=O) groups excluding carboxylic acids is 4. The van der Waals surface area contributed by atoms with Crippen LogP contribution in [0.3, 0.4) is 0 Å². The second-order valence-corrected chi connectivity index (χ2v) is 7.14. The molecule has 0 aliphatic heterocycles. The summed E-state index contributed by atoms with van der Waals surface area (Å²) in [6.07, 6.45) is 0. The number of sulfonamides is 1. The van der Waals surface area contributed by atoms with Crippen LogP contribution in [0.4, 0.5) is 5.69 Å². The Bertz CT molecular complexity index is 803. The summed E-state index contributed by atoms with van der Waals surface area (Å²) in [7, 11) is -4.30. The normalized spacial score (nSPS) is 10.8. The first kappa shape index (κ1) is 21.1. The Morgan fingerprint density at radius 1 is 0.962 bits per heavy atom. The molecule has 12 heteroatoms. The lowest BCUT2D eigenvalue weighted by Crippen LogP contribution is -2.43. The van der Waals surface area contributed by atoms with Gasteiger partial charge in [-0.15, -0.1) is 0 Å². The highest BCUT2D eigenvalue weighted by Gasteiger charge is 2.23. The Hall–Kier alpha value is -2.99. The number of nitrogens with one attached hydrogen (secondary N) is 4. The molecule has 0 unspecified atom stereocenters. The highest BCUT2D eigenvalue weighted by atomic mass is 32.2. The fourth-order valence-corrected chi connectivity index (χ4v) is 2.51. The van der Waals surface area contributed by atoms with Gasteiger partial charge in [-0.25, -0.2) is 18.6 Å². The first-order valence-electron chi connectivity index (χ1n) is 7.27. The first-order chi connectivity index (χ1) is 12.1. The third-order valence-electron chi connectivity index (χ3n) is 2.83. The molecule has 0 fully saturated rings. The van der Waals surface area contributed by atoms with E-state index in [1.54, 1.807) is 18.6 Å². The molecule has 0 aliphatic carbocycles. The standard InChI is InChI=1S/C14H18N4O7S/c1-8(2)7-15-11(19)14(22)18-26(24,25)10-5-3-9(4-6-10)16-12(20)13(21)17-23/h3-6,8,23H,7H2,1-2H3,(H,15,19)(H,16,20)(H,17,21)(H,18,22). The largest absolute Gasteiger partial charge is 0.348 e. The summed E-state index contributed by atoms with van der Waals surface area (Å²) in [5.74, 6) is -4.80. The predicted octanol–water partition coefficient (Wildman–Crippen LogP) is -1.29. The van der Waals surface area contributed by atoms with Crippen molar-refractivity contribution < 1.29 is 32.8 Å². The van der Waals surface area contributed by atoms with Gasteiger partial charge >= 0.3 is 23.6 Å². The number of hydrogen-bond donors (Lipinski definition) is 5. The maximum Gasteiger partial charge on any atom is 0.332 e. The molecule has 4 amide bonds. The number of benzene rings is 1. The first-order valence-corrected chi connectivity index (χ1v) is 8.75. The van der Waals surface area contributed by atoms with Gasteiger partial charge in [0.2, 0.25) is 0 Å². The van der Waals surface area contributed by atoms with Crippen LogP contribution in [0.2, 0.25) is 0 Å². The van der Waals surface area contributed by atoms with Gasteiger partial charge in [0, 0.05) is 12.2 Å². The average molecular weight is 386 g/mol. The number of rotatable bonds is 5. The lowest BCUT2D eigenvalue weighted by molar-refractivity contribution is -0.141. The van der Waals surface area contributed by atoms with Gasteiger partial charge in [0.15, 0.2) is 0 Å². The number of hydroxylamine groups is 1. The maximum absolute atomic E-state index is 12.1. The molecule has 0 heterocycles. The van der Waals surface area contributed by atoms with Gasteiger partial charge in [-0.05, 0) is 30.2 Å². The van der Waals surface area contributed by atoms with E-state index >= 15 is 0 Å². The van der Waals surface area contributed by atoms with Crippen molar-refractivity contribution in [3.05, 3.63) is 24.3 Å². The van der Waals surface area contributed by atoms with Gasteiger partial charge in [0.05, 0.1) is 4.90 Å². The van der Waals surface area contributed by atoms with Crippen molar-refractivity contribution in [1.29, 1.82) is 0 Å². The van der Waals surface area contributed by atoms with E-state index in [1.165, 1.54) is 0 Å². The van der Waals surface area contributed by atoms with Gasteiger partial charge in [0.1, 0.15) is 0 Å². The number of hydrogen-bond acceptors (Lipinski definition) is 7. The van der Waals surface area contributed by atoms with Gasteiger partial charge in [-0.2, -0.15) is 0 Å². The highest BCUT2D eigenvalue weighted by Crippen LogP contribution is 2.14. The molecular weight excluding hydrogens is 368 g/mol. The lowest BCUT2D eigenvalue weighted by atomic mass is 10.2. The Kier molecular flexibility index (Phi) is 7.22. The van der Waals surface area contributed by atoms with Crippen LogP contribution >= 0.6 is 0 Å². The summed E-state index contributed by atoms with van der Waals surface area (Å²) in [5.41, 5.74) is 1.21.